The second kappa shape index (κ2) is 8.50. The summed E-state index contributed by atoms with van der Waals surface area (Å²) < 4.78 is 37.6. The number of sulfonamides is 1. The standard InChI is InChI=1S/C17H18FN3O3S/c1-25(23,24)21(12-15-5-3-2-4-6-15)13-17(22)20-19-11-14-7-9-16(18)10-8-14/h2-11H,12-13H2,1H3,(H,20,22)/b19-11-. The SMILES string of the molecule is CS(=O)(=O)N(CC(=O)N/N=C\c1ccc(F)cc1)Cc1ccccc1. The summed E-state index contributed by atoms with van der Waals surface area (Å²) in [5, 5.41) is 3.74. The molecular formula is C17H18FN3O3S. The molecule has 0 spiro atoms. The number of carbonyl (C=O) groups is 1. The molecule has 2 rings (SSSR count). The number of halogens is 1. The molecule has 0 bridgehead atoms. The Morgan fingerprint density at radius 1 is 1.16 bits per heavy atom. The fourth-order valence-corrected chi connectivity index (χ4v) is 2.74. The first-order valence-electron chi connectivity index (χ1n) is 7.41. The van der Waals surface area contributed by atoms with E-state index in [1.54, 1.807) is 24.3 Å². The van der Waals surface area contributed by atoms with Crippen molar-refractivity contribution in [3.63, 3.8) is 0 Å². The van der Waals surface area contributed by atoms with Gasteiger partial charge in [0.15, 0.2) is 0 Å². The van der Waals surface area contributed by atoms with Crippen molar-refractivity contribution < 1.29 is 17.6 Å². The quantitative estimate of drug-likeness (QED) is 0.601. The number of hydrogen-bond acceptors (Lipinski definition) is 4. The number of hydrogen-bond donors (Lipinski definition) is 1. The highest BCUT2D eigenvalue weighted by Crippen LogP contribution is 2.08. The number of amides is 1. The summed E-state index contributed by atoms with van der Waals surface area (Å²) in [5.41, 5.74) is 3.64. The molecule has 0 aliphatic carbocycles. The predicted molar refractivity (Wildman–Crippen MR) is 93.8 cm³/mol. The van der Waals surface area contributed by atoms with Crippen LogP contribution in [0.15, 0.2) is 59.7 Å². The van der Waals surface area contributed by atoms with E-state index in [0.717, 1.165) is 16.1 Å². The van der Waals surface area contributed by atoms with Crippen LogP contribution >= 0.6 is 0 Å². The Bertz CT molecular complexity index is 837. The summed E-state index contributed by atoms with van der Waals surface area (Å²) >= 11 is 0. The summed E-state index contributed by atoms with van der Waals surface area (Å²) in [6, 6.07) is 14.5. The molecule has 0 heterocycles. The highest BCUT2D eigenvalue weighted by atomic mass is 32.2. The molecule has 1 amide bonds. The van der Waals surface area contributed by atoms with Gasteiger partial charge in [-0.15, -0.1) is 0 Å². The first-order chi connectivity index (χ1) is 11.8. The third kappa shape index (κ3) is 6.44. The maximum atomic E-state index is 12.8. The molecular weight excluding hydrogens is 345 g/mol. The van der Waals surface area contributed by atoms with E-state index in [4.69, 9.17) is 0 Å². The minimum atomic E-state index is -3.56. The monoisotopic (exact) mass is 363 g/mol. The van der Waals surface area contributed by atoms with Crippen LogP contribution in [0.1, 0.15) is 11.1 Å². The molecule has 0 aliphatic heterocycles. The topological polar surface area (TPSA) is 78.8 Å². The van der Waals surface area contributed by atoms with Crippen LogP contribution in [0.2, 0.25) is 0 Å². The molecule has 8 heteroatoms. The van der Waals surface area contributed by atoms with Gasteiger partial charge in [-0.2, -0.15) is 9.41 Å². The third-order valence-electron chi connectivity index (χ3n) is 3.26. The number of nitrogens with one attached hydrogen (secondary N) is 1. The first-order valence-corrected chi connectivity index (χ1v) is 9.26. The Hall–Kier alpha value is -2.58. The van der Waals surface area contributed by atoms with E-state index in [9.17, 15) is 17.6 Å². The van der Waals surface area contributed by atoms with Crippen LogP contribution in [0.3, 0.4) is 0 Å². The third-order valence-corrected chi connectivity index (χ3v) is 4.46. The molecule has 0 atom stereocenters. The molecule has 0 radical (unpaired) electrons. The molecule has 0 unspecified atom stereocenters. The van der Waals surface area contributed by atoms with Crippen molar-refractivity contribution in [2.75, 3.05) is 12.8 Å². The van der Waals surface area contributed by atoms with Gasteiger partial charge in [0, 0.05) is 6.54 Å². The molecule has 0 fully saturated rings. The largest absolute Gasteiger partial charge is 0.272 e. The Balaban J connectivity index is 1.96. The van der Waals surface area contributed by atoms with Gasteiger partial charge >= 0.3 is 0 Å². The summed E-state index contributed by atoms with van der Waals surface area (Å²) in [7, 11) is -3.56. The summed E-state index contributed by atoms with van der Waals surface area (Å²) in [5.74, 6) is -0.939. The summed E-state index contributed by atoms with van der Waals surface area (Å²) in [6.07, 6.45) is 2.39. The number of rotatable bonds is 7. The Morgan fingerprint density at radius 2 is 1.80 bits per heavy atom. The molecule has 0 saturated heterocycles. The van der Waals surface area contributed by atoms with Gasteiger partial charge in [-0.05, 0) is 23.3 Å². The summed E-state index contributed by atoms with van der Waals surface area (Å²) in [6.45, 7) is -0.261. The Morgan fingerprint density at radius 3 is 2.40 bits per heavy atom. The van der Waals surface area contributed by atoms with E-state index in [1.807, 2.05) is 6.07 Å². The fourth-order valence-electron chi connectivity index (χ4n) is 2.00. The minimum absolute atomic E-state index is 0.0920. The maximum absolute atomic E-state index is 12.8. The Labute approximate surface area is 146 Å². The van der Waals surface area contributed by atoms with Gasteiger partial charge in [-0.3, -0.25) is 4.79 Å². The molecule has 0 aliphatic rings. The lowest BCUT2D eigenvalue weighted by Crippen LogP contribution is -2.38. The first kappa shape index (κ1) is 18.8. The highest BCUT2D eigenvalue weighted by Gasteiger charge is 2.20. The zero-order valence-corrected chi connectivity index (χ0v) is 14.4. The molecule has 2 aromatic rings. The zero-order chi connectivity index (χ0) is 18.3. The average Bonchev–Trinajstić information content (AvgIpc) is 2.56. The van der Waals surface area contributed by atoms with Crippen molar-refractivity contribution in [1.29, 1.82) is 0 Å². The second-order valence-corrected chi connectivity index (χ2v) is 7.34. The van der Waals surface area contributed by atoms with Crippen LogP contribution in [0.5, 0.6) is 0 Å². The van der Waals surface area contributed by atoms with Crippen LogP contribution in [0, 0.1) is 5.82 Å². The molecule has 1 N–H and O–H groups in total. The molecule has 0 aromatic heterocycles. The van der Waals surface area contributed by atoms with E-state index >= 15 is 0 Å². The highest BCUT2D eigenvalue weighted by molar-refractivity contribution is 7.88. The van der Waals surface area contributed by atoms with E-state index in [2.05, 4.69) is 10.5 Å². The van der Waals surface area contributed by atoms with Gasteiger partial charge in [0.2, 0.25) is 10.0 Å². The van der Waals surface area contributed by atoms with E-state index in [0.29, 0.717) is 5.56 Å². The van der Waals surface area contributed by atoms with Crippen molar-refractivity contribution in [3.8, 4) is 0 Å². The van der Waals surface area contributed by atoms with E-state index in [1.165, 1.54) is 30.5 Å². The second-order valence-electron chi connectivity index (χ2n) is 5.36. The molecule has 6 nitrogen and oxygen atoms in total. The van der Waals surface area contributed by atoms with Crippen LogP contribution in [0.25, 0.3) is 0 Å². The van der Waals surface area contributed by atoms with Crippen molar-refractivity contribution in [2.45, 2.75) is 6.54 Å². The lowest BCUT2D eigenvalue weighted by atomic mass is 10.2. The van der Waals surface area contributed by atoms with Gasteiger partial charge in [0.05, 0.1) is 19.0 Å². The number of benzene rings is 2. The molecule has 132 valence electrons. The van der Waals surface area contributed by atoms with Gasteiger partial charge in [0.1, 0.15) is 5.82 Å². The van der Waals surface area contributed by atoms with Crippen molar-refractivity contribution in [2.24, 2.45) is 5.10 Å². The summed E-state index contributed by atoms with van der Waals surface area (Å²) in [4.78, 5) is 11.9. The Kier molecular flexibility index (Phi) is 6.37. The number of carbonyl (C=O) groups excluding carboxylic acids is 1. The van der Waals surface area contributed by atoms with Crippen LogP contribution in [0.4, 0.5) is 4.39 Å². The van der Waals surface area contributed by atoms with Crippen molar-refractivity contribution in [1.82, 2.24) is 9.73 Å². The van der Waals surface area contributed by atoms with Gasteiger partial charge in [-0.25, -0.2) is 18.2 Å². The minimum Gasteiger partial charge on any atom is -0.272 e. The lowest BCUT2D eigenvalue weighted by molar-refractivity contribution is -0.121. The molecule has 25 heavy (non-hydrogen) atoms. The lowest BCUT2D eigenvalue weighted by Gasteiger charge is -2.18. The smallest absolute Gasteiger partial charge is 0.255 e. The van der Waals surface area contributed by atoms with Gasteiger partial charge in [-0.1, -0.05) is 42.5 Å². The normalized spacial score (nSPS) is 11.8. The molecule has 2 aromatic carbocycles. The number of nitrogens with zero attached hydrogens (tertiary/aromatic N) is 2. The van der Waals surface area contributed by atoms with Crippen LogP contribution in [-0.2, 0) is 21.4 Å². The maximum Gasteiger partial charge on any atom is 0.255 e. The van der Waals surface area contributed by atoms with Crippen molar-refractivity contribution >= 4 is 22.1 Å². The molecule has 0 saturated carbocycles. The van der Waals surface area contributed by atoms with Gasteiger partial charge in [0.25, 0.3) is 5.91 Å². The van der Waals surface area contributed by atoms with Gasteiger partial charge < -0.3 is 0 Å². The fraction of sp³-hybridized carbons (Fsp3) is 0.176. The predicted octanol–water partition coefficient (Wildman–Crippen LogP) is 1.74. The van der Waals surface area contributed by atoms with Crippen LogP contribution < -0.4 is 5.43 Å². The van der Waals surface area contributed by atoms with E-state index in [-0.39, 0.29) is 18.9 Å². The van der Waals surface area contributed by atoms with E-state index < -0.39 is 15.9 Å². The van der Waals surface area contributed by atoms with Crippen molar-refractivity contribution in [3.05, 3.63) is 71.5 Å². The number of hydrazone groups is 1. The average molecular weight is 363 g/mol. The van der Waals surface area contributed by atoms with Crippen LogP contribution in [-0.4, -0.2) is 37.6 Å². The zero-order valence-electron chi connectivity index (χ0n) is 13.6.